The SMILES string of the molecule is CC(C)(CNC(=O)OCC1c2ccccc2-c2ccccc21)CC(=O)N1CCCC[C@H]1C(=O)O. The molecular weight excluding hydrogens is 432 g/mol. The smallest absolute Gasteiger partial charge is 0.407 e. The molecule has 2 aromatic rings. The number of amides is 2. The van der Waals surface area contributed by atoms with Gasteiger partial charge in [0, 0.05) is 25.4 Å². The van der Waals surface area contributed by atoms with Crippen LogP contribution >= 0.6 is 0 Å². The topological polar surface area (TPSA) is 95.9 Å². The Hall–Kier alpha value is -3.35. The van der Waals surface area contributed by atoms with E-state index in [0.717, 1.165) is 24.0 Å². The standard InChI is InChI=1S/C27H32N2O5/c1-27(2,15-24(30)29-14-8-7-13-23(29)25(31)32)17-28-26(33)34-16-22-20-11-5-3-9-18(20)19-10-4-6-12-21(19)22/h3-6,9-12,22-23H,7-8,13-17H2,1-2H3,(H,28,33)(H,31,32)/t23-/m0/s1. The number of aliphatic carboxylic acids is 1. The van der Waals surface area contributed by atoms with E-state index >= 15 is 0 Å². The molecule has 0 spiro atoms. The molecule has 1 heterocycles. The predicted octanol–water partition coefficient (Wildman–Crippen LogP) is 4.41. The van der Waals surface area contributed by atoms with Crippen LogP contribution in [0.2, 0.25) is 0 Å². The van der Waals surface area contributed by atoms with Gasteiger partial charge in [-0.15, -0.1) is 0 Å². The molecule has 1 fully saturated rings. The summed E-state index contributed by atoms with van der Waals surface area (Å²) in [5.74, 6) is -1.16. The van der Waals surface area contributed by atoms with Crippen molar-refractivity contribution in [3.05, 3.63) is 59.7 Å². The fourth-order valence-electron chi connectivity index (χ4n) is 5.02. The Morgan fingerprint density at radius 2 is 1.65 bits per heavy atom. The maximum atomic E-state index is 12.8. The van der Waals surface area contributed by atoms with E-state index < -0.39 is 23.5 Å². The van der Waals surface area contributed by atoms with Gasteiger partial charge in [-0.3, -0.25) is 4.79 Å². The van der Waals surface area contributed by atoms with Crippen LogP contribution < -0.4 is 5.32 Å². The van der Waals surface area contributed by atoms with Gasteiger partial charge >= 0.3 is 12.1 Å². The van der Waals surface area contributed by atoms with E-state index in [1.54, 1.807) is 0 Å². The highest BCUT2D eigenvalue weighted by Gasteiger charge is 2.35. The van der Waals surface area contributed by atoms with E-state index in [4.69, 9.17) is 4.74 Å². The molecule has 0 unspecified atom stereocenters. The molecule has 1 saturated heterocycles. The van der Waals surface area contributed by atoms with Crippen molar-refractivity contribution >= 4 is 18.0 Å². The molecule has 2 aliphatic rings. The number of rotatable bonds is 7. The molecule has 2 aromatic carbocycles. The quantitative estimate of drug-likeness (QED) is 0.633. The van der Waals surface area contributed by atoms with Crippen molar-refractivity contribution in [2.75, 3.05) is 19.7 Å². The molecule has 4 rings (SSSR count). The number of carboxylic acid groups (broad SMARTS) is 1. The lowest BCUT2D eigenvalue weighted by atomic mass is 9.87. The van der Waals surface area contributed by atoms with Gasteiger partial charge in [-0.05, 0) is 46.9 Å². The lowest BCUT2D eigenvalue weighted by Crippen LogP contribution is -2.49. The molecule has 180 valence electrons. The molecule has 7 nitrogen and oxygen atoms in total. The highest BCUT2D eigenvalue weighted by molar-refractivity contribution is 5.84. The number of fused-ring (bicyclic) bond motifs is 3. The normalized spacial score (nSPS) is 17.6. The van der Waals surface area contributed by atoms with E-state index in [0.29, 0.717) is 13.0 Å². The minimum atomic E-state index is -0.956. The van der Waals surface area contributed by atoms with Crippen molar-refractivity contribution in [3.63, 3.8) is 0 Å². The van der Waals surface area contributed by atoms with Crippen molar-refractivity contribution in [2.24, 2.45) is 5.41 Å². The number of benzene rings is 2. The fraction of sp³-hybridized carbons (Fsp3) is 0.444. The van der Waals surface area contributed by atoms with Gasteiger partial charge < -0.3 is 20.1 Å². The molecule has 1 atom stereocenters. The molecule has 0 radical (unpaired) electrons. The zero-order chi connectivity index (χ0) is 24.3. The van der Waals surface area contributed by atoms with Crippen LogP contribution in [-0.4, -0.2) is 53.7 Å². The van der Waals surface area contributed by atoms with Crippen LogP contribution in [0.1, 0.15) is 56.6 Å². The first-order valence-electron chi connectivity index (χ1n) is 11.9. The third kappa shape index (κ3) is 5.08. The number of carbonyl (C=O) groups excluding carboxylic acids is 2. The van der Waals surface area contributed by atoms with Crippen LogP contribution in [0.25, 0.3) is 11.1 Å². The highest BCUT2D eigenvalue weighted by atomic mass is 16.5. The van der Waals surface area contributed by atoms with Gasteiger partial charge in [0.15, 0.2) is 0 Å². The van der Waals surface area contributed by atoms with Gasteiger partial charge in [0.2, 0.25) is 5.91 Å². The summed E-state index contributed by atoms with van der Waals surface area (Å²) in [4.78, 5) is 38.3. The minimum Gasteiger partial charge on any atom is -0.480 e. The van der Waals surface area contributed by atoms with Gasteiger partial charge in [0.05, 0.1) is 0 Å². The molecule has 34 heavy (non-hydrogen) atoms. The highest BCUT2D eigenvalue weighted by Crippen LogP contribution is 2.44. The third-order valence-corrected chi connectivity index (χ3v) is 6.79. The predicted molar refractivity (Wildman–Crippen MR) is 128 cm³/mol. The van der Waals surface area contributed by atoms with E-state index in [9.17, 15) is 19.5 Å². The van der Waals surface area contributed by atoms with E-state index in [-0.39, 0.29) is 31.4 Å². The Morgan fingerprint density at radius 1 is 1.03 bits per heavy atom. The summed E-state index contributed by atoms with van der Waals surface area (Å²) in [7, 11) is 0. The number of carbonyl (C=O) groups is 3. The van der Waals surface area contributed by atoms with E-state index in [1.165, 1.54) is 16.0 Å². The van der Waals surface area contributed by atoms with Crippen molar-refractivity contribution in [1.82, 2.24) is 10.2 Å². The first-order valence-corrected chi connectivity index (χ1v) is 11.9. The third-order valence-electron chi connectivity index (χ3n) is 6.79. The molecule has 2 N–H and O–H groups in total. The molecule has 0 aromatic heterocycles. The summed E-state index contributed by atoms with van der Waals surface area (Å²) in [6, 6.07) is 15.6. The number of alkyl carbamates (subject to hydrolysis) is 1. The van der Waals surface area contributed by atoms with Gasteiger partial charge in [-0.25, -0.2) is 9.59 Å². The first-order chi connectivity index (χ1) is 16.3. The maximum Gasteiger partial charge on any atom is 0.407 e. The van der Waals surface area contributed by atoms with E-state index in [1.807, 2.05) is 38.1 Å². The fourth-order valence-corrected chi connectivity index (χ4v) is 5.02. The Balaban J connectivity index is 1.31. The Kier molecular flexibility index (Phi) is 6.91. The van der Waals surface area contributed by atoms with Crippen LogP contribution in [0.4, 0.5) is 4.79 Å². The van der Waals surface area contributed by atoms with Crippen molar-refractivity contribution < 1.29 is 24.2 Å². The number of likely N-dealkylation sites (tertiary alicyclic amines) is 1. The number of hydrogen-bond acceptors (Lipinski definition) is 4. The zero-order valence-electron chi connectivity index (χ0n) is 19.8. The lowest BCUT2D eigenvalue weighted by Gasteiger charge is -2.35. The van der Waals surface area contributed by atoms with Crippen molar-refractivity contribution in [1.29, 1.82) is 0 Å². The number of nitrogens with one attached hydrogen (secondary N) is 1. The van der Waals surface area contributed by atoms with Crippen LogP contribution in [0, 0.1) is 5.41 Å². The minimum absolute atomic E-state index is 0.0141. The Labute approximate surface area is 200 Å². The van der Waals surface area contributed by atoms with Gasteiger partial charge in [0.25, 0.3) is 0 Å². The molecule has 0 saturated carbocycles. The molecule has 0 bridgehead atoms. The first kappa shape index (κ1) is 23.8. The Bertz CT molecular complexity index is 1030. The summed E-state index contributed by atoms with van der Waals surface area (Å²) >= 11 is 0. The second-order valence-electron chi connectivity index (χ2n) is 9.96. The second kappa shape index (κ2) is 9.87. The summed E-state index contributed by atoms with van der Waals surface area (Å²) in [5, 5.41) is 12.2. The summed E-state index contributed by atoms with van der Waals surface area (Å²) in [5.41, 5.74) is 4.10. The van der Waals surface area contributed by atoms with Gasteiger partial charge in [-0.1, -0.05) is 62.4 Å². The van der Waals surface area contributed by atoms with Crippen LogP contribution in [0.5, 0.6) is 0 Å². The second-order valence-corrected chi connectivity index (χ2v) is 9.96. The van der Waals surface area contributed by atoms with Crippen LogP contribution in [0.15, 0.2) is 48.5 Å². The monoisotopic (exact) mass is 464 g/mol. The lowest BCUT2D eigenvalue weighted by molar-refractivity contribution is -0.152. The number of carboxylic acids is 1. The van der Waals surface area contributed by atoms with Crippen LogP contribution in [0.3, 0.4) is 0 Å². The molecule has 1 aliphatic heterocycles. The van der Waals surface area contributed by atoms with E-state index in [2.05, 4.69) is 29.6 Å². The maximum absolute atomic E-state index is 12.8. The molecule has 7 heteroatoms. The Morgan fingerprint density at radius 3 is 2.26 bits per heavy atom. The number of ether oxygens (including phenoxy) is 1. The summed E-state index contributed by atoms with van der Waals surface area (Å²) in [6.45, 7) is 4.71. The largest absolute Gasteiger partial charge is 0.480 e. The average Bonchev–Trinajstić information content (AvgIpc) is 3.15. The summed E-state index contributed by atoms with van der Waals surface area (Å²) < 4.78 is 5.58. The number of nitrogens with zero attached hydrogens (tertiary/aromatic N) is 1. The van der Waals surface area contributed by atoms with Crippen LogP contribution in [-0.2, 0) is 14.3 Å². The van der Waals surface area contributed by atoms with Gasteiger partial charge in [-0.2, -0.15) is 0 Å². The van der Waals surface area contributed by atoms with Crippen molar-refractivity contribution in [2.45, 2.75) is 51.5 Å². The number of piperidine rings is 1. The molecule has 1 aliphatic carbocycles. The summed E-state index contributed by atoms with van der Waals surface area (Å²) in [6.07, 6.45) is 1.74. The average molecular weight is 465 g/mol. The molecular formula is C27H32N2O5. The molecule has 2 amide bonds. The number of hydrogen-bond donors (Lipinski definition) is 2. The van der Waals surface area contributed by atoms with Crippen molar-refractivity contribution in [3.8, 4) is 11.1 Å². The van der Waals surface area contributed by atoms with Gasteiger partial charge in [0.1, 0.15) is 12.6 Å². The zero-order valence-corrected chi connectivity index (χ0v) is 19.8.